The van der Waals surface area contributed by atoms with Crippen molar-refractivity contribution in [3.05, 3.63) is 18.0 Å². The molecule has 2 saturated heterocycles. The molecule has 5 heteroatoms. The standard InChI is InChI=1S/C15H25N3O2/c1-12(19)9-18-5-3-15(4-6-18)7-13(11-20-15)14-8-16-17(2)10-14/h8,10,12-13,19H,3-7,9,11H2,1-2H3/t12-,13+/m0/s1. The number of ether oxygens (including phenoxy) is 1. The van der Waals surface area contributed by atoms with Crippen LogP contribution in [0.25, 0.3) is 0 Å². The van der Waals surface area contributed by atoms with Gasteiger partial charge in [0, 0.05) is 38.8 Å². The van der Waals surface area contributed by atoms with Gasteiger partial charge in [0.15, 0.2) is 0 Å². The molecule has 0 amide bonds. The average molecular weight is 279 g/mol. The van der Waals surface area contributed by atoms with Crippen molar-refractivity contribution in [2.75, 3.05) is 26.2 Å². The fraction of sp³-hybridized carbons (Fsp3) is 0.800. The topological polar surface area (TPSA) is 50.5 Å². The van der Waals surface area contributed by atoms with Crippen molar-refractivity contribution in [3.63, 3.8) is 0 Å². The van der Waals surface area contributed by atoms with Gasteiger partial charge in [-0.05, 0) is 31.7 Å². The molecule has 0 aliphatic carbocycles. The van der Waals surface area contributed by atoms with Crippen LogP contribution in [0.1, 0.15) is 37.7 Å². The van der Waals surface area contributed by atoms with Gasteiger partial charge in [0.2, 0.25) is 0 Å². The van der Waals surface area contributed by atoms with Crippen molar-refractivity contribution in [3.8, 4) is 0 Å². The zero-order valence-corrected chi connectivity index (χ0v) is 12.5. The number of β-amino-alcohol motifs (C(OH)–C–C–N with tert-alkyl or cyclic N) is 1. The number of hydrogen-bond acceptors (Lipinski definition) is 4. The molecule has 112 valence electrons. The largest absolute Gasteiger partial charge is 0.392 e. The lowest BCUT2D eigenvalue weighted by atomic mass is 9.84. The maximum atomic E-state index is 9.47. The number of hydrogen-bond donors (Lipinski definition) is 1. The molecular weight excluding hydrogens is 254 g/mol. The Kier molecular flexibility index (Phi) is 3.84. The van der Waals surface area contributed by atoms with Gasteiger partial charge >= 0.3 is 0 Å². The van der Waals surface area contributed by atoms with Gasteiger partial charge in [0.25, 0.3) is 0 Å². The van der Waals surface area contributed by atoms with Gasteiger partial charge in [0.1, 0.15) is 0 Å². The van der Waals surface area contributed by atoms with Gasteiger partial charge < -0.3 is 14.7 Å². The smallest absolute Gasteiger partial charge is 0.0713 e. The number of nitrogens with zero attached hydrogens (tertiary/aromatic N) is 3. The molecule has 1 aromatic rings. The van der Waals surface area contributed by atoms with Gasteiger partial charge in [-0.15, -0.1) is 0 Å². The van der Waals surface area contributed by atoms with Crippen LogP contribution in [0.4, 0.5) is 0 Å². The van der Waals surface area contributed by atoms with E-state index in [1.165, 1.54) is 5.56 Å². The summed E-state index contributed by atoms with van der Waals surface area (Å²) in [5, 5.41) is 13.7. The Labute approximate surface area is 120 Å². The van der Waals surface area contributed by atoms with Crippen LogP contribution in [-0.4, -0.2) is 57.7 Å². The number of aryl methyl sites for hydroxylation is 1. The Morgan fingerprint density at radius 1 is 1.50 bits per heavy atom. The summed E-state index contributed by atoms with van der Waals surface area (Å²) in [6.45, 7) is 5.52. The third kappa shape index (κ3) is 2.90. The SMILES string of the molecule is C[C@H](O)CN1CCC2(CC1)C[C@@H](c1cnn(C)c1)CO2. The summed E-state index contributed by atoms with van der Waals surface area (Å²) in [4.78, 5) is 2.34. The van der Waals surface area contributed by atoms with Gasteiger partial charge in [0.05, 0.1) is 24.5 Å². The first-order chi connectivity index (χ1) is 9.56. The summed E-state index contributed by atoms with van der Waals surface area (Å²) in [5.74, 6) is 0.493. The molecule has 2 fully saturated rings. The Bertz CT molecular complexity index is 450. The molecule has 3 heterocycles. The van der Waals surface area contributed by atoms with Crippen molar-refractivity contribution in [1.82, 2.24) is 14.7 Å². The molecule has 5 nitrogen and oxygen atoms in total. The molecule has 1 N–H and O–H groups in total. The number of likely N-dealkylation sites (tertiary alicyclic amines) is 1. The van der Waals surface area contributed by atoms with Crippen LogP contribution in [0.5, 0.6) is 0 Å². The number of aliphatic hydroxyl groups excluding tert-OH is 1. The molecule has 0 saturated carbocycles. The number of rotatable bonds is 3. The molecule has 20 heavy (non-hydrogen) atoms. The minimum atomic E-state index is -0.239. The summed E-state index contributed by atoms with van der Waals surface area (Å²) >= 11 is 0. The van der Waals surface area contributed by atoms with Crippen LogP contribution in [0.3, 0.4) is 0 Å². The lowest BCUT2D eigenvalue weighted by Crippen LogP contribution is -2.46. The van der Waals surface area contributed by atoms with Gasteiger partial charge in [-0.25, -0.2) is 0 Å². The molecule has 0 aromatic carbocycles. The van der Waals surface area contributed by atoms with E-state index in [0.717, 1.165) is 45.5 Å². The molecule has 0 radical (unpaired) electrons. The van der Waals surface area contributed by atoms with Crippen molar-refractivity contribution >= 4 is 0 Å². The fourth-order valence-corrected chi connectivity index (χ4v) is 3.57. The normalized spacial score (nSPS) is 28.1. The van der Waals surface area contributed by atoms with Crippen LogP contribution in [0.15, 0.2) is 12.4 Å². The van der Waals surface area contributed by atoms with Gasteiger partial charge in [-0.2, -0.15) is 5.10 Å². The minimum absolute atomic E-state index is 0.0652. The van der Waals surface area contributed by atoms with Crippen molar-refractivity contribution < 1.29 is 9.84 Å². The molecular formula is C15H25N3O2. The first-order valence-corrected chi connectivity index (χ1v) is 7.59. The highest BCUT2D eigenvalue weighted by Crippen LogP contribution is 2.42. The summed E-state index contributed by atoms with van der Waals surface area (Å²) in [7, 11) is 1.96. The van der Waals surface area contributed by atoms with E-state index in [-0.39, 0.29) is 11.7 Å². The molecule has 2 atom stereocenters. The van der Waals surface area contributed by atoms with Gasteiger partial charge in [-0.3, -0.25) is 4.68 Å². The van der Waals surface area contributed by atoms with Crippen molar-refractivity contribution in [2.24, 2.45) is 7.05 Å². The van der Waals surface area contributed by atoms with Crippen LogP contribution in [0, 0.1) is 0 Å². The lowest BCUT2D eigenvalue weighted by molar-refractivity contribution is -0.0485. The molecule has 3 rings (SSSR count). The van der Waals surface area contributed by atoms with E-state index >= 15 is 0 Å². The van der Waals surface area contributed by atoms with Crippen molar-refractivity contribution in [2.45, 2.75) is 43.8 Å². The zero-order chi connectivity index (χ0) is 14.2. The average Bonchev–Trinajstić information content (AvgIpc) is 2.99. The summed E-state index contributed by atoms with van der Waals surface area (Å²) in [6.07, 6.45) is 7.11. The lowest BCUT2D eigenvalue weighted by Gasteiger charge is -2.39. The predicted octanol–water partition coefficient (Wildman–Crippen LogP) is 1.14. The van der Waals surface area contributed by atoms with E-state index in [4.69, 9.17) is 4.74 Å². The zero-order valence-electron chi connectivity index (χ0n) is 12.5. The predicted molar refractivity (Wildman–Crippen MR) is 76.6 cm³/mol. The highest BCUT2D eigenvalue weighted by atomic mass is 16.5. The Hall–Kier alpha value is -0.910. The highest BCUT2D eigenvalue weighted by molar-refractivity contribution is 5.15. The Morgan fingerprint density at radius 3 is 2.85 bits per heavy atom. The number of piperidine rings is 1. The molecule has 2 aliphatic heterocycles. The highest BCUT2D eigenvalue weighted by Gasteiger charge is 2.43. The third-order valence-corrected chi connectivity index (χ3v) is 4.70. The van der Waals surface area contributed by atoms with Crippen LogP contribution < -0.4 is 0 Å². The second-order valence-electron chi connectivity index (χ2n) is 6.49. The molecule has 2 aliphatic rings. The van der Waals surface area contributed by atoms with E-state index in [0.29, 0.717) is 5.92 Å². The van der Waals surface area contributed by atoms with E-state index in [1.807, 2.05) is 24.9 Å². The number of aliphatic hydroxyl groups is 1. The van der Waals surface area contributed by atoms with E-state index in [2.05, 4.69) is 16.2 Å². The second-order valence-corrected chi connectivity index (χ2v) is 6.49. The van der Waals surface area contributed by atoms with Crippen LogP contribution in [0.2, 0.25) is 0 Å². The fourth-order valence-electron chi connectivity index (χ4n) is 3.57. The number of aromatic nitrogens is 2. The first-order valence-electron chi connectivity index (χ1n) is 7.59. The van der Waals surface area contributed by atoms with E-state index in [1.54, 1.807) is 0 Å². The minimum Gasteiger partial charge on any atom is -0.392 e. The quantitative estimate of drug-likeness (QED) is 0.901. The second kappa shape index (κ2) is 5.47. The van der Waals surface area contributed by atoms with Crippen LogP contribution in [-0.2, 0) is 11.8 Å². The van der Waals surface area contributed by atoms with E-state index < -0.39 is 0 Å². The Morgan fingerprint density at radius 2 is 2.25 bits per heavy atom. The molecule has 0 unspecified atom stereocenters. The third-order valence-electron chi connectivity index (χ3n) is 4.70. The summed E-state index contributed by atoms with van der Waals surface area (Å²) < 4.78 is 8.05. The Balaban J connectivity index is 1.57. The molecule has 0 bridgehead atoms. The van der Waals surface area contributed by atoms with Gasteiger partial charge in [-0.1, -0.05) is 0 Å². The summed E-state index contributed by atoms with van der Waals surface area (Å²) in [5.41, 5.74) is 1.37. The van der Waals surface area contributed by atoms with E-state index in [9.17, 15) is 5.11 Å². The summed E-state index contributed by atoms with van der Waals surface area (Å²) in [6, 6.07) is 0. The monoisotopic (exact) mass is 279 g/mol. The first kappa shape index (κ1) is 14.0. The molecule has 1 aromatic heterocycles. The molecule has 1 spiro atoms. The maximum absolute atomic E-state index is 9.47. The van der Waals surface area contributed by atoms with Crippen molar-refractivity contribution in [1.29, 1.82) is 0 Å². The maximum Gasteiger partial charge on any atom is 0.0713 e. The van der Waals surface area contributed by atoms with Crippen LogP contribution >= 0.6 is 0 Å².